The highest BCUT2D eigenvalue weighted by Crippen LogP contribution is 2.33. The highest BCUT2D eigenvalue weighted by molar-refractivity contribution is 7.16. The van der Waals surface area contributed by atoms with Crippen LogP contribution >= 0.6 is 22.9 Å². The van der Waals surface area contributed by atoms with Crippen LogP contribution in [0.3, 0.4) is 0 Å². The van der Waals surface area contributed by atoms with E-state index in [1.165, 1.54) is 4.88 Å². The summed E-state index contributed by atoms with van der Waals surface area (Å²) in [5.74, 6) is 0.750. The number of anilines is 2. The summed E-state index contributed by atoms with van der Waals surface area (Å²) in [5, 5.41) is 0. The molecule has 2 N–H and O–H groups in total. The van der Waals surface area contributed by atoms with Gasteiger partial charge in [-0.05, 0) is 30.7 Å². The number of thiophene rings is 1. The van der Waals surface area contributed by atoms with Crippen LogP contribution in [0.5, 0.6) is 5.75 Å². The molecule has 1 aromatic carbocycles. The van der Waals surface area contributed by atoms with E-state index in [4.69, 9.17) is 22.1 Å². The second kappa shape index (κ2) is 6.86. The van der Waals surface area contributed by atoms with Gasteiger partial charge in [0.05, 0.1) is 28.9 Å². The molecular weight excluding hydrogens is 292 g/mol. The molecule has 0 atom stereocenters. The van der Waals surface area contributed by atoms with Crippen LogP contribution in [0.1, 0.15) is 18.2 Å². The second-order valence-corrected chi connectivity index (χ2v) is 6.40. The minimum atomic E-state index is 0.678. The van der Waals surface area contributed by atoms with Crippen molar-refractivity contribution in [3.05, 3.63) is 39.5 Å². The highest BCUT2D eigenvalue weighted by atomic mass is 35.5. The Hall–Kier alpha value is -1.39. The van der Waals surface area contributed by atoms with Gasteiger partial charge in [-0.2, -0.15) is 0 Å². The maximum absolute atomic E-state index is 6.19. The van der Waals surface area contributed by atoms with E-state index in [9.17, 15) is 0 Å². The Morgan fingerprint density at radius 1 is 1.30 bits per heavy atom. The SMILES string of the molecule is CCCOc1cccc(N(C)Cc2ccc(Cl)s2)c1N. The quantitative estimate of drug-likeness (QED) is 0.803. The molecular formula is C15H19ClN2OS. The van der Waals surface area contributed by atoms with Gasteiger partial charge in [0, 0.05) is 11.9 Å². The zero-order valence-electron chi connectivity index (χ0n) is 11.7. The molecule has 2 rings (SSSR count). The number of rotatable bonds is 6. The molecule has 2 aromatic rings. The number of nitrogens with zero attached hydrogens (tertiary/aromatic N) is 1. The van der Waals surface area contributed by atoms with Gasteiger partial charge in [0.2, 0.25) is 0 Å². The summed E-state index contributed by atoms with van der Waals surface area (Å²) in [7, 11) is 2.02. The third-order valence-electron chi connectivity index (χ3n) is 2.94. The molecule has 1 heterocycles. The van der Waals surface area contributed by atoms with Gasteiger partial charge in [0.25, 0.3) is 0 Å². The number of halogens is 1. The average molecular weight is 311 g/mol. The predicted octanol–water partition coefficient (Wildman–Crippen LogP) is 4.41. The molecule has 0 fully saturated rings. The fraction of sp³-hybridized carbons (Fsp3) is 0.333. The van der Waals surface area contributed by atoms with E-state index in [0.717, 1.165) is 28.7 Å². The first kappa shape index (κ1) is 15.0. The zero-order valence-corrected chi connectivity index (χ0v) is 13.3. The fourth-order valence-electron chi connectivity index (χ4n) is 1.96. The molecule has 0 amide bonds. The monoisotopic (exact) mass is 310 g/mol. The molecule has 0 aliphatic heterocycles. The van der Waals surface area contributed by atoms with Gasteiger partial charge < -0.3 is 15.4 Å². The van der Waals surface area contributed by atoms with Crippen molar-refractivity contribution in [3.63, 3.8) is 0 Å². The zero-order chi connectivity index (χ0) is 14.5. The number of nitrogen functional groups attached to an aromatic ring is 1. The Morgan fingerprint density at radius 3 is 2.75 bits per heavy atom. The maximum Gasteiger partial charge on any atom is 0.144 e. The lowest BCUT2D eigenvalue weighted by Crippen LogP contribution is -2.17. The predicted molar refractivity (Wildman–Crippen MR) is 88.1 cm³/mol. The molecule has 0 aliphatic carbocycles. The Kier molecular flexibility index (Phi) is 5.15. The number of hydrogen-bond donors (Lipinski definition) is 1. The van der Waals surface area contributed by atoms with Crippen molar-refractivity contribution in [2.75, 3.05) is 24.3 Å². The lowest BCUT2D eigenvalue weighted by atomic mass is 10.2. The van der Waals surface area contributed by atoms with Gasteiger partial charge in [-0.25, -0.2) is 0 Å². The topological polar surface area (TPSA) is 38.5 Å². The van der Waals surface area contributed by atoms with Crippen molar-refractivity contribution in [2.45, 2.75) is 19.9 Å². The van der Waals surface area contributed by atoms with Crippen LogP contribution in [0.2, 0.25) is 4.34 Å². The van der Waals surface area contributed by atoms with Gasteiger partial charge >= 0.3 is 0 Å². The molecule has 108 valence electrons. The summed E-state index contributed by atoms with van der Waals surface area (Å²) in [5.41, 5.74) is 7.86. The minimum Gasteiger partial charge on any atom is -0.491 e. The van der Waals surface area contributed by atoms with E-state index in [-0.39, 0.29) is 0 Å². The van der Waals surface area contributed by atoms with Gasteiger partial charge in [0.1, 0.15) is 5.75 Å². The van der Waals surface area contributed by atoms with Gasteiger partial charge in [-0.15, -0.1) is 11.3 Å². The van der Waals surface area contributed by atoms with E-state index in [0.29, 0.717) is 12.3 Å². The normalized spacial score (nSPS) is 10.6. The Balaban J connectivity index is 2.14. The van der Waals surface area contributed by atoms with E-state index in [1.54, 1.807) is 11.3 Å². The molecule has 0 unspecified atom stereocenters. The molecule has 5 heteroatoms. The van der Waals surface area contributed by atoms with Gasteiger partial charge in [0.15, 0.2) is 0 Å². The van der Waals surface area contributed by atoms with Crippen LogP contribution in [-0.4, -0.2) is 13.7 Å². The first-order valence-corrected chi connectivity index (χ1v) is 7.78. The smallest absolute Gasteiger partial charge is 0.144 e. The Labute approximate surface area is 128 Å². The second-order valence-electron chi connectivity index (χ2n) is 4.60. The fourth-order valence-corrected chi connectivity index (χ4v) is 3.10. The van der Waals surface area contributed by atoms with Crippen LogP contribution in [0, 0.1) is 0 Å². The molecule has 0 saturated heterocycles. The van der Waals surface area contributed by atoms with Gasteiger partial charge in [-0.3, -0.25) is 0 Å². The summed E-state index contributed by atoms with van der Waals surface area (Å²) < 4.78 is 6.47. The first-order valence-electron chi connectivity index (χ1n) is 6.58. The lowest BCUT2D eigenvalue weighted by molar-refractivity contribution is 0.319. The molecule has 1 aromatic heterocycles. The molecule has 0 radical (unpaired) electrons. The summed E-state index contributed by atoms with van der Waals surface area (Å²) in [6, 6.07) is 9.83. The molecule has 20 heavy (non-hydrogen) atoms. The van der Waals surface area contributed by atoms with Crippen molar-refractivity contribution in [3.8, 4) is 5.75 Å². The number of nitrogens with two attached hydrogens (primary N) is 1. The van der Waals surface area contributed by atoms with Crippen molar-refractivity contribution in [1.82, 2.24) is 0 Å². The van der Waals surface area contributed by atoms with E-state index in [2.05, 4.69) is 11.8 Å². The molecule has 0 aliphatic rings. The largest absolute Gasteiger partial charge is 0.491 e. The Morgan fingerprint density at radius 2 is 2.10 bits per heavy atom. The van der Waals surface area contributed by atoms with Crippen molar-refractivity contribution in [2.24, 2.45) is 0 Å². The number of ether oxygens (including phenoxy) is 1. The van der Waals surface area contributed by atoms with Crippen molar-refractivity contribution < 1.29 is 4.74 Å². The summed E-state index contributed by atoms with van der Waals surface area (Å²) in [6.07, 6.45) is 0.965. The third-order valence-corrected chi connectivity index (χ3v) is 4.15. The van der Waals surface area contributed by atoms with Crippen molar-refractivity contribution in [1.29, 1.82) is 0 Å². The Bertz CT molecular complexity index is 571. The van der Waals surface area contributed by atoms with Gasteiger partial charge in [-0.1, -0.05) is 24.6 Å². The maximum atomic E-state index is 6.19. The number of benzene rings is 1. The first-order chi connectivity index (χ1) is 9.61. The molecule has 0 saturated carbocycles. The molecule has 0 bridgehead atoms. The van der Waals surface area contributed by atoms with Crippen LogP contribution in [0.15, 0.2) is 30.3 Å². The number of para-hydroxylation sites is 1. The van der Waals surface area contributed by atoms with E-state index < -0.39 is 0 Å². The molecule has 3 nitrogen and oxygen atoms in total. The highest BCUT2D eigenvalue weighted by Gasteiger charge is 2.11. The van der Waals surface area contributed by atoms with Crippen LogP contribution in [-0.2, 0) is 6.54 Å². The third kappa shape index (κ3) is 3.58. The van der Waals surface area contributed by atoms with E-state index >= 15 is 0 Å². The van der Waals surface area contributed by atoms with Crippen molar-refractivity contribution >= 4 is 34.3 Å². The summed E-state index contributed by atoms with van der Waals surface area (Å²) >= 11 is 7.55. The average Bonchev–Trinajstić information content (AvgIpc) is 2.83. The van der Waals surface area contributed by atoms with Crippen LogP contribution in [0.25, 0.3) is 0 Å². The van der Waals surface area contributed by atoms with Crippen LogP contribution < -0.4 is 15.4 Å². The minimum absolute atomic E-state index is 0.678. The van der Waals surface area contributed by atoms with E-state index in [1.807, 2.05) is 37.4 Å². The lowest BCUT2D eigenvalue weighted by Gasteiger charge is -2.22. The standard InChI is InChI=1S/C15H19ClN2OS/c1-3-9-19-13-6-4-5-12(15(13)17)18(2)10-11-7-8-14(16)20-11/h4-8H,3,9-10,17H2,1-2H3. The summed E-state index contributed by atoms with van der Waals surface area (Å²) in [6.45, 7) is 3.53. The summed E-state index contributed by atoms with van der Waals surface area (Å²) in [4.78, 5) is 3.31. The van der Waals surface area contributed by atoms with Crippen LogP contribution in [0.4, 0.5) is 11.4 Å². The molecule has 0 spiro atoms. The number of hydrogen-bond acceptors (Lipinski definition) is 4.